The average Bonchev–Trinajstić information content (AvgIpc) is 3.36. The van der Waals surface area contributed by atoms with Crippen molar-refractivity contribution < 1.29 is 14.2 Å². The van der Waals surface area contributed by atoms with Crippen molar-refractivity contribution in [3.63, 3.8) is 0 Å². The van der Waals surface area contributed by atoms with E-state index in [9.17, 15) is 5.26 Å². The molecule has 2 aromatic heterocycles. The topological polar surface area (TPSA) is 93.6 Å². The Morgan fingerprint density at radius 1 is 1.00 bits per heavy atom. The summed E-state index contributed by atoms with van der Waals surface area (Å²) in [5.74, 6) is 1.37. The van der Waals surface area contributed by atoms with Crippen LogP contribution >= 0.6 is 27.3 Å². The maximum absolute atomic E-state index is 10.1. The fourth-order valence-corrected chi connectivity index (χ4v) is 5.61. The second kappa shape index (κ2) is 11.6. The summed E-state index contributed by atoms with van der Waals surface area (Å²) in [4.78, 5) is 7.77. The van der Waals surface area contributed by atoms with Gasteiger partial charge in [0.1, 0.15) is 17.5 Å². The van der Waals surface area contributed by atoms with E-state index in [4.69, 9.17) is 24.9 Å². The molecule has 2 N–H and O–H groups in total. The fraction of sp³-hybridized carbons (Fsp3) is 0.214. The van der Waals surface area contributed by atoms with Crippen LogP contribution in [0.3, 0.4) is 0 Å². The Labute approximate surface area is 229 Å². The van der Waals surface area contributed by atoms with E-state index in [1.54, 1.807) is 21.3 Å². The average molecular weight is 580 g/mol. The minimum atomic E-state index is 0.183. The number of aromatic nitrogens is 1. The molecule has 37 heavy (non-hydrogen) atoms. The molecule has 0 aliphatic heterocycles. The molecule has 7 nitrogen and oxygen atoms in total. The number of thiophene rings is 1. The molecule has 0 amide bonds. The standard InChI is InChI=1S/C28H27BrN4O3S/c1-33(11-12-34-2)20-8-5-17(6-9-20)27-25(18-7-10-22(35-3)23(13-18)36-4)26(21(15-30)28(31)32-27)24-14-19(29)16-37-24/h5-10,13-14,16H,11-12H2,1-4H3,(H2,31,32). The number of hydrogen-bond acceptors (Lipinski definition) is 8. The third-order valence-electron chi connectivity index (χ3n) is 6.04. The van der Waals surface area contributed by atoms with E-state index in [1.165, 1.54) is 11.3 Å². The second-order valence-corrected chi connectivity index (χ2v) is 10.1. The van der Waals surface area contributed by atoms with Crippen molar-refractivity contribution in [1.82, 2.24) is 4.98 Å². The highest BCUT2D eigenvalue weighted by Gasteiger charge is 2.24. The first-order chi connectivity index (χ1) is 17.9. The Balaban J connectivity index is 1.99. The normalized spacial score (nSPS) is 10.7. The molecule has 0 saturated carbocycles. The van der Waals surface area contributed by atoms with Crippen LogP contribution in [0.4, 0.5) is 11.5 Å². The maximum Gasteiger partial charge on any atom is 0.161 e. The summed E-state index contributed by atoms with van der Waals surface area (Å²) in [5, 5.41) is 12.1. The van der Waals surface area contributed by atoms with E-state index in [2.05, 4.69) is 26.9 Å². The Morgan fingerprint density at radius 2 is 1.70 bits per heavy atom. The lowest BCUT2D eigenvalue weighted by Gasteiger charge is -2.20. The van der Waals surface area contributed by atoms with Crippen LogP contribution in [0.15, 0.2) is 58.4 Å². The molecule has 0 saturated heterocycles. The molecule has 0 atom stereocenters. The number of hydrogen-bond donors (Lipinski definition) is 1. The summed E-state index contributed by atoms with van der Waals surface area (Å²) in [6.07, 6.45) is 0. The molecule has 0 radical (unpaired) electrons. The molecule has 9 heteroatoms. The number of pyridine rings is 1. The van der Waals surface area contributed by atoms with E-state index < -0.39 is 0 Å². The van der Waals surface area contributed by atoms with Gasteiger partial charge in [0.15, 0.2) is 11.5 Å². The van der Waals surface area contributed by atoms with Gasteiger partial charge in [0.25, 0.3) is 0 Å². The zero-order valence-electron chi connectivity index (χ0n) is 21.0. The molecule has 0 bridgehead atoms. The van der Waals surface area contributed by atoms with Crippen molar-refractivity contribution in [2.45, 2.75) is 0 Å². The predicted octanol–water partition coefficient (Wildman–Crippen LogP) is 6.46. The van der Waals surface area contributed by atoms with E-state index in [1.807, 2.05) is 61.0 Å². The largest absolute Gasteiger partial charge is 0.493 e. The highest BCUT2D eigenvalue weighted by Crippen LogP contribution is 2.46. The number of nitriles is 1. The van der Waals surface area contributed by atoms with E-state index in [0.29, 0.717) is 29.4 Å². The Kier molecular flexibility index (Phi) is 8.34. The van der Waals surface area contributed by atoms with Gasteiger partial charge < -0.3 is 24.8 Å². The Hall–Kier alpha value is -3.58. The molecule has 0 aliphatic carbocycles. The number of ether oxygens (including phenoxy) is 3. The second-order valence-electron chi connectivity index (χ2n) is 8.24. The number of halogens is 1. The van der Waals surface area contributed by atoms with Gasteiger partial charge in [0, 0.05) is 57.8 Å². The number of nitrogen functional groups attached to an aromatic ring is 1. The van der Waals surface area contributed by atoms with Crippen LogP contribution in [0, 0.1) is 11.3 Å². The van der Waals surface area contributed by atoms with E-state index >= 15 is 0 Å². The molecule has 2 aromatic carbocycles. The van der Waals surface area contributed by atoms with Crippen molar-refractivity contribution in [2.75, 3.05) is 52.2 Å². The van der Waals surface area contributed by atoms with Gasteiger partial charge in [0.2, 0.25) is 0 Å². The predicted molar refractivity (Wildman–Crippen MR) is 153 cm³/mol. The highest BCUT2D eigenvalue weighted by atomic mass is 79.9. The van der Waals surface area contributed by atoms with E-state index in [0.717, 1.165) is 43.8 Å². The minimum Gasteiger partial charge on any atom is -0.493 e. The van der Waals surface area contributed by atoms with Gasteiger partial charge in [-0.15, -0.1) is 11.3 Å². The zero-order valence-corrected chi connectivity index (χ0v) is 23.4. The lowest BCUT2D eigenvalue weighted by molar-refractivity contribution is 0.206. The third kappa shape index (κ3) is 5.42. The van der Waals surface area contributed by atoms with Crippen molar-refractivity contribution in [2.24, 2.45) is 0 Å². The number of likely N-dealkylation sites (N-methyl/N-ethyl adjacent to an activating group) is 1. The molecule has 2 heterocycles. The van der Waals surface area contributed by atoms with Gasteiger partial charge in [-0.05, 0) is 51.8 Å². The SMILES string of the molecule is COCCN(C)c1ccc(-c2nc(N)c(C#N)c(-c3cc(Br)cs3)c2-c2ccc(OC)c(OC)c2)cc1. The minimum absolute atomic E-state index is 0.183. The van der Waals surface area contributed by atoms with Gasteiger partial charge in [-0.3, -0.25) is 0 Å². The fourth-order valence-electron chi connectivity index (χ4n) is 4.12. The van der Waals surface area contributed by atoms with Crippen LogP contribution < -0.4 is 20.1 Å². The molecule has 4 aromatic rings. The number of nitrogens with two attached hydrogens (primary N) is 1. The molecule has 4 rings (SSSR count). The first-order valence-electron chi connectivity index (χ1n) is 11.4. The molecular formula is C28H27BrN4O3S. The molecular weight excluding hydrogens is 552 g/mol. The van der Waals surface area contributed by atoms with Gasteiger partial charge in [0.05, 0.1) is 26.5 Å². The summed E-state index contributed by atoms with van der Waals surface area (Å²) < 4.78 is 17.2. The van der Waals surface area contributed by atoms with Crippen molar-refractivity contribution in [3.8, 4) is 50.4 Å². The third-order valence-corrected chi connectivity index (χ3v) is 7.74. The van der Waals surface area contributed by atoms with Gasteiger partial charge in [-0.1, -0.05) is 18.2 Å². The Morgan fingerprint density at radius 3 is 2.30 bits per heavy atom. The Bertz CT molecular complexity index is 1450. The van der Waals surface area contributed by atoms with Crippen LogP contribution in [0.2, 0.25) is 0 Å². The summed E-state index contributed by atoms with van der Waals surface area (Å²) in [7, 11) is 6.91. The molecule has 0 aliphatic rings. The van der Waals surface area contributed by atoms with Crippen LogP contribution in [0.25, 0.3) is 32.8 Å². The summed E-state index contributed by atoms with van der Waals surface area (Å²) in [5.41, 5.74) is 11.7. The highest BCUT2D eigenvalue weighted by molar-refractivity contribution is 9.10. The monoisotopic (exact) mass is 578 g/mol. The summed E-state index contributed by atoms with van der Waals surface area (Å²) >= 11 is 5.08. The maximum atomic E-state index is 10.1. The van der Waals surface area contributed by atoms with Crippen molar-refractivity contribution >= 4 is 38.8 Å². The molecule has 0 spiro atoms. The first kappa shape index (κ1) is 26.5. The number of benzene rings is 2. The summed E-state index contributed by atoms with van der Waals surface area (Å²) in [6.45, 7) is 1.40. The number of anilines is 2. The van der Waals surface area contributed by atoms with Gasteiger partial charge in [-0.25, -0.2) is 4.98 Å². The molecule has 0 unspecified atom stereocenters. The van der Waals surface area contributed by atoms with Gasteiger partial charge >= 0.3 is 0 Å². The van der Waals surface area contributed by atoms with Crippen LogP contribution in [0.5, 0.6) is 11.5 Å². The van der Waals surface area contributed by atoms with Crippen LogP contribution in [-0.2, 0) is 4.74 Å². The summed E-state index contributed by atoms with van der Waals surface area (Å²) in [6, 6.07) is 18.1. The lowest BCUT2D eigenvalue weighted by atomic mass is 9.90. The van der Waals surface area contributed by atoms with Crippen molar-refractivity contribution in [3.05, 3.63) is 63.9 Å². The van der Waals surface area contributed by atoms with Gasteiger partial charge in [-0.2, -0.15) is 5.26 Å². The quantitative estimate of drug-likeness (QED) is 0.243. The first-order valence-corrected chi connectivity index (χ1v) is 13.1. The number of methoxy groups -OCH3 is 3. The number of rotatable bonds is 9. The molecule has 190 valence electrons. The van der Waals surface area contributed by atoms with Crippen molar-refractivity contribution in [1.29, 1.82) is 5.26 Å². The van der Waals surface area contributed by atoms with Crippen LogP contribution in [0.1, 0.15) is 5.56 Å². The molecule has 0 fully saturated rings. The van der Waals surface area contributed by atoms with E-state index in [-0.39, 0.29) is 5.82 Å². The smallest absolute Gasteiger partial charge is 0.161 e. The number of nitrogens with zero attached hydrogens (tertiary/aromatic N) is 3. The lowest BCUT2D eigenvalue weighted by Crippen LogP contribution is -2.21. The van der Waals surface area contributed by atoms with Crippen LogP contribution in [-0.4, -0.2) is 46.5 Å². The zero-order chi connectivity index (χ0) is 26.5.